The van der Waals surface area contributed by atoms with E-state index in [2.05, 4.69) is 5.32 Å². The van der Waals surface area contributed by atoms with E-state index in [4.69, 9.17) is 14.7 Å². The Hall–Kier alpha value is -3.88. The molecule has 4 N–H and O–H groups in total. The Bertz CT molecular complexity index is 1110. The van der Waals surface area contributed by atoms with Crippen LogP contribution in [0.5, 0.6) is 5.75 Å². The van der Waals surface area contributed by atoms with Crippen LogP contribution in [0.3, 0.4) is 0 Å². The fourth-order valence-corrected chi connectivity index (χ4v) is 3.49. The number of carbonyl (C=O) groups excluding carboxylic acids is 2. The van der Waals surface area contributed by atoms with E-state index in [1.54, 1.807) is 24.3 Å². The first-order chi connectivity index (χ1) is 16.0. The van der Waals surface area contributed by atoms with Crippen molar-refractivity contribution >= 4 is 28.5 Å². The molecule has 0 aromatic heterocycles. The molecule has 0 bridgehead atoms. The first-order valence-corrected chi connectivity index (χ1v) is 10.4. The Labute approximate surface area is 191 Å². The third kappa shape index (κ3) is 6.55. The van der Waals surface area contributed by atoms with Crippen LogP contribution in [0, 0.1) is 0 Å². The Kier molecular flexibility index (Phi) is 8.40. The maximum absolute atomic E-state index is 12.9. The molecule has 172 valence electrons. The van der Waals surface area contributed by atoms with Crippen molar-refractivity contribution in [2.24, 2.45) is 0 Å². The average molecular weight is 450 g/mol. The summed E-state index contributed by atoms with van der Waals surface area (Å²) in [5.74, 6) is -0.547. The standard InChI is InChI=1S/C25H26N2O6/c1-32-22(11-4-5-12-23(29)27-31)24(18-13-15-19(28)16-14-18)33-25(30)26-21-10-6-8-17-7-2-3-9-20(17)21/h2-3,5-10,12-16,22,24,28,31H,4,11H2,1H3,(H,26,30)(H,27,29)/b12-5+/t22-,24-/m0/s1. The van der Waals surface area contributed by atoms with Crippen LogP contribution < -0.4 is 10.8 Å². The molecule has 0 radical (unpaired) electrons. The molecule has 0 heterocycles. The minimum Gasteiger partial charge on any atom is -0.508 e. The number of hydrogen-bond acceptors (Lipinski definition) is 6. The monoisotopic (exact) mass is 450 g/mol. The lowest BCUT2D eigenvalue weighted by Crippen LogP contribution is -2.28. The van der Waals surface area contributed by atoms with Gasteiger partial charge in [0, 0.05) is 18.6 Å². The van der Waals surface area contributed by atoms with Gasteiger partial charge in [0.2, 0.25) is 0 Å². The normalized spacial score (nSPS) is 12.9. The van der Waals surface area contributed by atoms with E-state index in [0.29, 0.717) is 24.1 Å². The molecule has 0 saturated heterocycles. The number of allylic oxidation sites excluding steroid dienone is 1. The molecule has 3 rings (SSSR count). The quantitative estimate of drug-likeness (QED) is 0.213. The maximum atomic E-state index is 12.9. The van der Waals surface area contributed by atoms with Gasteiger partial charge in [0.25, 0.3) is 5.91 Å². The van der Waals surface area contributed by atoms with Gasteiger partial charge in [-0.25, -0.2) is 10.3 Å². The Morgan fingerprint density at radius 2 is 1.76 bits per heavy atom. The summed E-state index contributed by atoms with van der Waals surface area (Å²) < 4.78 is 11.4. The number of rotatable bonds is 9. The highest BCUT2D eigenvalue weighted by Gasteiger charge is 2.27. The van der Waals surface area contributed by atoms with E-state index >= 15 is 0 Å². The summed E-state index contributed by atoms with van der Waals surface area (Å²) in [6, 6.07) is 19.6. The van der Waals surface area contributed by atoms with Crippen LogP contribution in [-0.2, 0) is 14.3 Å². The van der Waals surface area contributed by atoms with Crippen molar-refractivity contribution < 1.29 is 29.4 Å². The van der Waals surface area contributed by atoms with Crippen LogP contribution in [-0.4, -0.2) is 35.5 Å². The van der Waals surface area contributed by atoms with Crippen molar-refractivity contribution in [2.75, 3.05) is 12.4 Å². The van der Waals surface area contributed by atoms with E-state index in [1.807, 2.05) is 36.4 Å². The van der Waals surface area contributed by atoms with E-state index in [-0.39, 0.29) is 5.75 Å². The first-order valence-electron chi connectivity index (χ1n) is 10.4. The van der Waals surface area contributed by atoms with Crippen molar-refractivity contribution in [2.45, 2.75) is 25.0 Å². The Balaban J connectivity index is 1.78. The van der Waals surface area contributed by atoms with Gasteiger partial charge in [0.15, 0.2) is 6.10 Å². The zero-order valence-corrected chi connectivity index (χ0v) is 18.1. The lowest BCUT2D eigenvalue weighted by atomic mass is 10.00. The average Bonchev–Trinajstić information content (AvgIpc) is 2.83. The van der Waals surface area contributed by atoms with Gasteiger partial charge in [-0.3, -0.25) is 15.3 Å². The second kappa shape index (κ2) is 11.7. The second-order valence-electron chi connectivity index (χ2n) is 7.30. The van der Waals surface area contributed by atoms with Crippen LogP contribution in [0.2, 0.25) is 0 Å². The number of amides is 2. The van der Waals surface area contributed by atoms with Crippen LogP contribution in [0.1, 0.15) is 24.5 Å². The molecule has 0 unspecified atom stereocenters. The summed E-state index contributed by atoms with van der Waals surface area (Å²) in [7, 11) is 1.51. The number of ether oxygens (including phenoxy) is 2. The van der Waals surface area contributed by atoms with Crippen LogP contribution >= 0.6 is 0 Å². The molecule has 0 spiro atoms. The van der Waals surface area contributed by atoms with Gasteiger partial charge in [-0.1, -0.05) is 54.6 Å². The molecule has 3 aromatic rings. The molecular weight excluding hydrogens is 424 g/mol. The van der Waals surface area contributed by atoms with Crippen molar-refractivity contribution in [1.29, 1.82) is 0 Å². The summed E-state index contributed by atoms with van der Waals surface area (Å²) in [6.45, 7) is 0. The number of hydrogen-bond donors (Lipinski definition) is 4. The van der Waals surface area contributed by atoms with Crippen LogP contribution in [0.15, 0.2) is 78.9 Å². The molecule has 3 aromatic carbocycles. The number of carbonyl (C=O) groups is 2. The summed E-state index contributed by atoms with van der Waals surface area (Å²) in [6.07, 6.45) is 1.70. The number of anilines is 1. The molecule has 2 amide bonds. The fourth-order valence-electron chi connectivity index (χ4n) is 3.49. The highest BCUT2D eigenvalue weighted by atomic mass is 16.6. The smallest absolute Gasteiger partial charge is 0.412 e. The lowest BCUT2D eigenvalue weighted by Gasteiger charge is -2.26. The minimum absolute atomic E-state index is 0.0876. The molecule has 33 heavy (non-hydrogen) atoms. The van der Waals surface area contributed by atoms with Crippen molar-refractivity contribution in [1.82, 2.24) is 5.48 Å². The molecule has 8 nitrogen and oxygen atoms in total. The van der Waals surface area contributed by atoms with Gasteiger partial charge in [-0.2, -0.15) is 0 Å². The van der Waals surface area contributed by atoms with Crippen LogP contribution in [0.4, 0.5) is 10.5 Å². The molecule has 8 heteroatoms. The van der Waals surface area contributed by atoms with Gasteiger partial charge in [-0.05, 0) is 42.0 Å². The lowest BCUT2D eigenvalue weighted by molar-refractivity contribution is -0.124. The zero-order chi connectivity index (χ0) is 23.6. The van der Waals surface area contributed by atoms with Crippen LogP contribution in [0.25, 0.3) is 10.8 Å². The van der Waals surface area contributed by atoms with Crippen molar-refractivity contribution in [3.63, 3.8) is 0 Å². The van der Waals surface area contributed by atoms with Crippen molar-refractivity contribution in [3.05, 3.63) is 84.4 Å². The molecule has 0 aliphatic rings. The maximum Gasteiger partial charge on any atom is 0.412 e. The third-order valence-electron chi connectivity index (χ3n) is 5.12. The van der Waals surface area contributed by atoms with Gasteiger partial charge < -0.3 is 14.6 Å². The Morgan fingerprint density at radius 3 is 2.48 bits per heavy atom. The van der Waals surface area contributed by atoms with Gasteiger partial charge >= 0.3 is 6.09 Å². The molecular formula is C25H26N2O6. The number of fused-ring (bicyclic) bond motifs is 1. The number of aromatic hydroxyl groups is 1. The van der Waals surface area contributed by atoms with E-state index in [0.717, 1.165) is 10.8 Å². The molecule has 2 atom stereocenters. The molecule has 0 aliphatic carbocycles. The topological polar surface area (TPSA) is 117 Å². The summed E-state index contributed by atoms with van der Waals surface area (Å²) in [4.78, 5) is 24.0. The SMILES string of the molecule is CO[C@@H](CC/C=C/C(=O)NO)[C@@H](OC(=O)Nc1cccc2ccccc12)c1ccc(O)cc1. The summed E-state index contributed by atoms with van der Waals surface area (Å²) in [5.41, 5.74) is 2.79. The highest BCUT2D eigenvalue weighted by Crippen LogP contribution is 2.29. The van der Waals surface area contributed by atoms with E-state index in [9.17, 15) is 14.7 Å². The van der Waals surface area contributed by atoms with E-state index in [1.165, 1.54) is 30.8 Å². The molecule has 0 aliphatic heterocycles. The number of hydroxylamine groups is 1. The number of phenols is 1. The third-order valence-corrected chi connectivity index (χ3v) is 5.12. The van der Waals surface area contributed by atoms with E-state index < -0.39 is 24.2 Å². The number of benzene rings is 3. The number of nitrogens with one attached hydrogen (secondary N) is 2. The predicted molar refractivity (Wildman–Crippen MR) is 124 cm³/mol. The minimum atomic E-state index is -0.773. The Morgan fingerprint density at radius 1 is 1.03 bits per heavy atom. The largest absolute Gasteiger partial charge is 0.508 e. The number of methoxy groups -OCH3 is 1. The first kappa shape index (κ1) is 23.8. The molecule has 0 saturated carbocycles. The predicted octanol–water partition coefficient (Wildman–Crippen LogP) is 4.69. The van der Waals surface area contributed by atoms with Gasteiger partial charge in [0.05, 0.1) is 11.8 Å². The fraction of sp³-hybridized carbons (Fsp3) is 0.200. The molecule has 0 fully saturated rings. The van der Waals surface area contributed by atoms with Crippen molar-refractivity contribution in [3.8, 4) is 5.75 Å². The zero-order valence-electron chi connectivity index (χ0n) is 18.1. The van der Waals surface area contributed by atoms with Gasteiger partial charge in [0.1, 0.15) is 5.75 Å². The summed E-state index contributed by atoms with van der Waals surface area (Å²) in [5, 5.41) is 22.9. The summed E-state index contributed by atoms with van der Waals surface area (Å²) >= 11 is 0. The highest BCUT2D eigenvalue weighted by molar-refractivity contribution is 6.00. The number of phenolic OH excluding ortho intramolecular Hbond substituents is 1. The second-order valence-corrected chi connectivity index (χ2v) is 7.30. The van der Waals surface area contributed by atoms with Gasteiger partial charge in [-0.15, -0.1) is 0 Å².